The van der Waals surface area contributed by atoms with Crippen LogP contribution in [0.3, 0.4) is 0 Å². The molecular formula is C5H14ClOP. The Kier molecular flexibility index (Phi) is 6.52. The van der Waals surface area contributed by atoms with Crippen LogP contribution in [0.2, 0.25) is 0 Å². The molecule has 1 nitrogen and oxygen atoms in total. The Morgan fingerprint density at radius 3 is 1.62 bits per heavy atom. The molecule has 0 unspecified atom stereocenters. The highest BCUT2D eigenvalue weighted by Crippen LogP contribution is 2.45. The monoisotopic (exact) mass is 156 g/mol. The van der Waals surface area contributed by atoms with Crippen LogP contribution < -0.4 is 12.4 Å². The van der Waals surface area contributed by atoms with Gasteiger partial charge in [-0.3, -0.25) is 0 Å². The summed E-state index contributed by atoms with van der Waals surface area (Å²) >= 11 is 0. The maximum absolute atomic E-state index is 8.43. The van der Waals surface area contributed by atoms with Gasteiger partial charge in [-0.25, -0.2) is 0 Å². The van der Waals surface area contributed by atoms with Gasteiger partial charge in [0.1, 0.15) is 0 Å². The number of rotatable bonds is 2. The van der Waals surface area contributed by atoms with E-state index in [2.05, 4.69) is 20.0 Å². The molecule has 0 aliphatic rings. The Hall–Kier alpha value is 0.680. The van der Waals surface area contributed by atoms with Crippen molar-refractivity contribution in [2.45, 2.75) is 0 Å². The lowest BCUT2D eigenvalue weighted by atomic mass is 10.9. The van der Waals surface area contributed by atoms with Gasteiger partial charge in [0.15, 0.2) is 0 Å². The Balaban J connectivity index is 0. The fourth-order valence-electron chi connectivity index (χ4n) is 0.300. The van der Waals surface area contributed by atoms with Crippen LogP contribution in [0.25, 0.3) is 0 Å². The zero-order valence-electron chi connectivity index (χ0n) is 5.69. The van der Waals surface area contributed by atoms with Gasteiger partial charge in [0.25, 0.3) is 0 Å². The Bertz CT molecular complexity index is 50.9. The van der Waals surface area contributed by atoms with Crippen LogP contribution >= 0.6 is 7.26 Å². The fraction of sp³-hybridized carbons (Fsp3) is 1.00. The van der Waals surface area contributed by atoms with Gasteiger partial charge in [-0.15, -0.1) is 0 Å². The molecule has 0 spiro atoms. The summed E-state index contributed by atoms with van der Waals surface area (Å²) in [6, 6.07) is 0. The summed E-state index contributed by atoms with van der Waals surface area (Å²) in [6.07, 6.45) is 1.01. The second-order valence-electron chi connectivity index (χ2n) is 2.74. The number of halogens is 1. The van der Waals surface area contributed by atoms with E-state index in [4.69, 9.17) is 5.11 Å². The van der Waals surface area contributed by atoms with Gasteiger partial charge in [-0.1, -0.05) is 0 Å². The lowest BCUT2D eigenvalue weighted by Gasteiger charge is -2.07. The van der Waals surface area contributed by atoms with E-state index in [1.54, 1.807) is 0 Å². The standard InChI is InChI=1S/C5H14OP.ClH/c1-7(2,3)5-4-6;/h6H,4-5H2,1-3H3;1H/q+1;/p-1. The first-order valence-corrected chi connectivity index (χ1v) is 5.79. The highest BCUT2D eigenvalue weighted by atomic mass is 35.5. The number of hydrogen-bond acceptors (Lipinski definition) is 1. The molecule has 0 bridgehead atoms. The van der Waals surface area contributed by atoms with Gasteiger partial charge in [0.05, 0.1) is 12.8 Å². The third-order valence-electron chi connectivity index (χ3n) is 0.771. The molecule has 0 aliphatic carbocycles. The molecule has 0 radical (unpaired) electrons. The summed E-state index contributed by atoms with van der Waals surface area (Å²) in [5.41, 5.74) is 0. The molecule has 0 atom stereocenters. The lowest BCUT2D eigenvalue weighted by molar-refractivity contribution is -0.00000302. The zero-order chi connectivity index (χ0) is 5.91. The van der Waals surface area contributed by atoms with Crippen molar-refractivity contribution in [3.63, 3.8) is 0 Å². The molecule has 0 fully saturated rings. The number of aliphatic hydroxyl groups is 1. The minimum atomic E-state index is -0.666. The average molecular weight is 157 g/mol. The van der Waals surface area contributed by atoms with Gasteiger partial charge in [0.2, 0.25) is 0 Å². The topological polar surface area (TPSA) is 20.2 Å². The fourth-order valence-corrected chi connectivity index (χ4v) is 0.900. The Labute approximate surface area is 58.2 Å². The van der Waals surface area contributed by atoms with E-state index in [0.29, 0.717) is 6.61 Å². The second-order valence-corrected chi connectivity index (χ2v) is 7.77. The largest absolute Gasteiger partial charge is 1.00 e. The molecule has 0 saturated heterocycles. The summed E-state index contributed by atoms with van der Waals surface area (Å²) in [6.45, 7) is 7.03. The van der Waals surface area contributed by atoms with Gasteiger partial charge < -0.3 is 17.5 Å². The molecule has 0 rings (SSSR count). The SMILES string of the molecule is C[P+](C)(C)CCO.[Cl-]. The maximum Gasteiger partial charge on any atom is 0.0817 e. The quantitative estimate of drug-likeness (QED) is 0.454. The van der Waals surface area contributed by atoms with Crippen LogP contribution in [0, 0.1) is 0 Å². The van der Waals surface area contributed by atoms with Gasteiger partial charge >= 0.3 is 0 Å². The van der Waals surface area contributed by atoms with Crippen molar-refractivity contribution in [3.8, 4) is 0 Å². The second kappa shape index (κ2) is 4.55. The molecule has 0 saturated carbocycles. The summed E-state index contributed by atoms with van der Waals surface area (Å²) in [5.74, 6) is 0. The minimum absolute atomic E-state index is 0. The molecular weight excluding hydrogens is 142 g/mol. The molecule has 0 aliphatic heterocycles. The maximum atomic E-state index is 8.43. The lowest BCUT2D eigenvalue weighted by Crippen LogP contribution is -3.00. The molecule has 3 heteroatoms. The van der Waals surface area contributed by atoms with E-state index >= 15 is 0 Å². The summed E-state index contributed by atoms with van der Waals surface area (Å²) in [4.78, 5) is 0. The van der Waals surface area contributed by atoms with Crippen molar-refractivity contribution in [2.24, 2.45) is 0 Å². The third-order valence-corrected chi connectivity index (χ3v) is 2.31. The van der Waals surface area contributed by atoms with Crippen LogP contribution in [-0.4, -0.2) is 37.9 Å². The van der Waals surface area contributed by atoms with Crippen LogP contribution in [0.1, 0.15) is 0 Å². The summed E-state index contributed by atoms with van der Waals surface area (Å²) < 4.78 is 0. The molecule has 0 amide bonds. The summed E-state index contributed by atoms with van der Waals surface area (Å²) in [5, 5.41) is 8.43. The normalized spacial score (nSPS) is 10.5. The first kappa shape index (κ1) is 11.5. The molecule has 8 heavy (non-hydrogen) atoms. The number of aliphatic hydroxyl groups excluding tert-OH is 1. The van der Waals surface area contributed by atoms with Crippen molar-refractivity contribution in [3.05, 3.63) is 0 Å². The van der Waals surface area contributed by atoms with Crippen LogP contribution in [0.15, 0.2) is 0 Å². The predicted octanol–water partition coefficient (Wildman–Crippen LogP) is -2.11. The molecule has 1 N–H and O–H groups in total. The van der Waals surface area contributed by atoms with Crippen molar-refractivity contribution < 1.29 is 17.5 Å². The Morgan fingerprint density at radius 2 is 1.62 bits per heavy atom. The van der Waals surface area contributed by atoms with Gasteiger partial charge in [0, 0.05) is 27.3 Å². The average Bonchev–Trinajstić information content (AvgIpc) is 1.30. The van der Waals surface area contributed by atoms with Crippen molar-refractivity contribution >= 4 is 7.26 Å². The van der Waals surface area contributed by atoms with Crippen LogP contribution in [0.4, 0.5) is 0 Å². The third kappa shape index (κ3) is 9.84. The predicted molar refractivity (Wildman–Crippen MR) is 36.6 cm³/mol. The first-order valence-electron chi connectivity index (χ1n) is 2.47. The molecule has 0 heterocycles. The molecule has 0 aromatic rings. The van der Waals surface area contributed by atoms with E-state index in [1.165, 1.54) is 0 Å². The van der Waals surface area contributed by atoms with Crippen molar-refractivity contribution in [1.82, 2.24) is 0 Å². The molecule has 52 valence electrons. The van der Waals surface area contributed by atoms with E-state index < -0.39 is 7.26 Å². The van der Waals surface area contributed by atoms with Gasteiger partial charge in [-0.2, -0.15) is 0 Å². The first-order chi connectivity index (χ1) is 3.06. The zero-order valence-corrected chi connectivity index (χ0v) is 7.34. The summed E-state index contributed by atoms with van der Waals surface area (Å²) in [7, 11) is -0.666. The van der Waals surface area contributed by atoms with Crippen LogP contribution in [-0.2, 0) is 0 Å². The van der Waals surface area contributed by atoms with Crippen LogP contribution in [0.5, 0.6) is 0 Å². The van der Waals surface area contributed by atoms with Crippen molar-refractivity contribution in [2.75, 3.05) is 32.8 Å². The van der Waals surface area contributed by atoms with E-state index in [-0.39, 0.29) is 12.4 Å². The Morgan fingerprint density at radius 1 is 1.25 bits per heavy atom. The van der Waals surface area contributed by atoms with Gasteiger partial charge in [-0.05, 0) is 0 Å². The smallest absolute Gasteiger partial charge is 0.0817 e. The van der Waals surface area contributed by atoms with E-state index in [1.807, 2.05) is 0 Å². The van der Waals surface area contributed by atoms with Crippen molar-refractivity contribution in [1.29, 1.82) is 0 Å². The molecule has 0 aromatic carbocycles. The van der Waals surface area contributed by atoms with E-state index in [0.717, 1.165) is 6.16 Å². The molecule has 0 aromatic heterocycles. The number of hydrogen-bond donors (Lipinski definition) is 1. The minimum Gasteiger partial charge on any atom is -1.00 e. The highest BCUT2D eigenvalue weighted by Gasteiger charge is 2.14. The highest BCUT2D eigenvalue weighted by molar-refractivity contribution is 7.73. The van der Waals surface area contributed by atoms with E-state index in [9.17, 15) is 0 Å².